The van der Waals surface area contributed by atoms with E-state index in [-0.39, 0.29) is 39.5 Å². The molecule has 0 spiro atoms. The molecule has 0 fully saturated rings. The maximum atomic E-state index is 13.4. The van der Waals surface area contributed by atoms with Crippen molar-refractivity contribution in [2.45, 2.75) is 19.6 Å². The number of rotatable bonds is 14. The molecule has 0 aliphatic carbocycles. The van der Waals surface area contributed by atoms with Gasteiger partial charge in [0, 0.05) is 39.8 Å². The number of aromatic nitrogens is 5. The predicted molar refractivity (Wildman–Crippen MR) is 167 cm³/mol. The Labute approximate surface area is 263 Å². The van der Waals surface area contributed by atoms with Crippen LogP contribution in [-0.2, 0) is 29.2 Å². The number of ether oxygens (including phenoxy) is 1. The fourth-order valence-corrected chi connectivity index (χ4v) is 4.67. The van der Waals surface area contributed by atoms with Gasteiger partial charge in [-0.1, -0.05) is 67.2 Å². The van der Waals surface area contributed by atoms with E-state index in [2.05, 4.69) is 6.58 Å². The molecule has 0 atom stereocenters. The normalized spacial score (nSPS) is 10.7. The van der Waals surface area contributed by atoms with Gasteiger partial charge in [0.05, 0.1) is 19.6 Å². The number of benzene rings is 2. The Morgan fingerprint density at radius 2 is 0.913 bits per heavy atom. The topological polar surface area (TPSA) is 119 Å². The number of hydrogen-bond acceptors (Lipinski definition) is 7. The summed E-state index contributed by atoms with van der Waals surface area (Å²) < 4.78 is 10.6. The average molecular weight is 624 g/mol. The van der Waals surface area contributed by atoms with Crippen molar-refractivity contribution in [1.29, 1.82) is 0 Å². The number of esters is 1. The van der Waals surface area contributed by atoms with Gasteiger partial charge >= 0.3 is 23.0 Å². The number of carbonyl (C=O) groups is 1. The Bertz CT molecular complexity index is 1820. The first-order valence-corrected chi connectivity index (χ1v) is 14.6. The van der Waals surface area contributed by atoms with E-state index in [1.165, 1.54) is 9.46 Å². The van der Waals surface area contributed by atoms with E-state index >= 15 is 0 Å². The van der Waals surface area contributed by atoms with Crippen molar-refractivity contribution in [2.24, 2.45) is 0 Å². The van der Waals surface area contributed by atoms with E-state index in [0.717, 1.165) is 42.0 Å². The molecule has 12 heteroatoms. The summed E-state index contributed by atoms with van der Waals surface area (Å²) in [6.45, 7) is 2.42. The standard InChI is InChI=1S/C34H33N5O7/c1-2-31(40)44-24-21-37-32(41)38(22-25-45-35-17-13-29(14-18-35)27-9-5-3-6-10-27)34(43)39(33(37)42)23-26-46-36-19-15-30(16-20-36)28-11-7-4-8-12-28/h2-20H,1,21-26H2/q+2. The summed E-state index contributed by atoms with van der Waals surface area (Å²) in [4.78, 5) is 62.9. The van der Waals surface area contributed by atoms with Crippen molar-refractivity contribution < 1.29 is 28.7 Å². The van der Waals surface area contributed by atoms with E-state index in [1.54, 1.807) is 24.8 Å². The van der Waals surface area contributed by atoms with Crippen molar-refractivity contribution in [1.82, 2.24) is 13.7 Å². The zero-order valence-corrected chi connectivity index (χ0v) is 25.0. The smallest absolute Gasteiger partial charge is 0.336 e. The largest absolute Gasteiger partial charge is 0.461 e. The second-order valence-corrected chi connectivity index (χ2v) is 9.97. The van der Waals surface area contributed by atoms with Gasteiger partial charge in [0.25, 0.3) is 0 Å². The molecule has 2 aromatic carbocycles. The molecule has 0 radical (unpaired) electrons. The molecule has 0 aliphatic heterocycles. The van der Waals surface area contributed by atoms with Crippen LogP contribution in [0.25, 0.3) is 22.3 Å². The molecule has 5 aromatic rings. The van der Waals surface area contributed by atoms with Gasteiger partial charge in [0.1, 0.15) is 6.61 Å². The van der Waals surface area contributed by atoms with Crippen molar-refractivity contribution in [3.8, 4) is 22.3 Å². The van der Waals surface area contributed by atoms with Crippen LogP contribution in [0.2, 0.25) is 0 Å². The molecule has 0 amide bonds. The van der Waals surface area contributed by atoms with Gasteiger partial charge in [-0.15, -0.1) is 0 Å². The highest BCUT2D eigenvalue weighted by Gasteiger charge is 2.17. The Morgan fingerprint density at radius 3 is 1.28 bits per heavy atom. The minimum absolute atomic E-state index is 0.0474. The molecule has 46 heavy (non-hydrogen) atoms. The summed E-state index contributed by atoms with van der Waals surface area (Å²) in [5.41, 5.74) is 1.59. The monoisotopic (exact) mass is 623 g/mol. The summed E-state index contributed by atoms with van der Waals surface area (Å²) in [7, 11) is 0. The molecule has 0 bridgehead atoms. The van der Waals surface area contributed by atoms with Crippen molar-refractivity contribution in [2.75, 3.05) is 19.8 Å². The Morgan fingerprint density at radius 1 is 0.565 bits per heavy atom. The zero-order chi connectivity index (χ0) is 32.3. The van der Waals surface area contributed by atoms with Crippen molar-refractivity contribution in [3.63, 3.8) is 0 Å². The van der Waals surface area contributed by atoms with Gasteiger partial charge in [-0.25, -0.2) is 32.9 Å². The molecular weight excluding hydrogens is 590 g/mol. The number of pyridine rings is 2. The molecule has 12 nitrogen and oxygen atoms in total. The van der Waals surface area contributed by atoms with E-state index in [9.17, 15) is 19.2 Å². The summed E-state index contributed by atoms with van der Waals surface area (Å²) in [5.74, 6) is -0.700. The molecule has 0 saturated heterocycles. The predicted octanol–water partition coefficient (Wildman–Crippen LogP) is 1.07. The maximum absolute atomic E-state index is 13.4. The van der Waals surface area contributed by atoms with Crippen LogP contribution in [0.15, 0.2) is 137 Å². The second-order valence-electron chi connectivity index (χ2n) is 9.97. The van der Waals surface area contributed by atoms with Crippen LogP contribution in [0.3, 0.4) is 0 Å². The Balaban J connectivity index is 1.30. The molecule has 234 valence electrons. The van der Waals surface area contributed by atoms with E-state index in [1.807, 2.05) is 84.9 Å². The number of carbonyl (C=O) groups excluding carboxylic acids is 1. The summed E-state index contributed by atoms with van der Waals surface area (Å²) in [6, 6.07) is 27.2. The fourth-order valence-electron chi connectivity index (χ4n) is 4.67. The minimum Gasteiger partial charge on any atom is -0.461 e. The third kappa shape index (κ3) is 7.72. The Hall–Kier alpha value is -6.04. The highest BCUT2D eigenvalue weighted by Crippen LogP contribution is 2.17. The van der Waals surface area contributed by atoms with E-state index < -0.39 is 23.0 Å². The third-order valence-electron chi connectivity index (χ3n) is 7.04. The third-order valence-corrected chi connectivity index (χ3v) is 7.04. The molecule has 0 N–H and O–H groups in total. The highest BCUT2D eigenvalue weighted by atomic mass is 16.7. The molecule has 5 rings (SSSR count). The lowest BCUT2D eigenvalue weighted by atomic mass is 10.1. The Kier molecular flexibility index (Phi) is 10.3. The van der Waals surface area contributed by atoms with Gasteiger partial charge < -0.3 is 4.74 Å². The molecule has 3 heterocycles. The zero-order valence-electron chi connectivity index (χ0n) is 25.0. The first kappa shape index (κ1) is 31.4. The SMILES string of the molecule is C=CC(=O)OCCn1c(=O)n(CCO[n+]2ccc(-c3ccccc3)cc2)c(=O)n(CCO[n+]2ccc(-c3ccccc3)cc2)c1=O. The lowest BCUT2D eigenvalue weighted by Crippen LogP contribution is -2.57. The van der Waals surface area contributed by atoms with Crippen LogP contribution in [0.4, 0.5) is 0 Å². The maximum Gasteiger partial charge on any atom is 0.336 e. The number of nitrogens with zero attached hydrogens (tertiary/aromatic N) is 5. The van der Waals surface area contributed by atoms with Gasteiger partial charge in [-0.05, 0) is 22.3 Å². The summed E-state index contributed by atoms with van der Waals surface area (Å²) in [6.07, 6.45) is 7.86. The summed E-state index contributed by atoms with van der Waals surface area (Å²) >= 11 is 0. The van der Waals surface area contributed by atoms with Gasteiger partial charge in [-0.2, -0.15) is 0 Å². The molecule has 0 unspecified atom stereocenters. The van der Waals surface area contributed by atoms with Crippen LogP contribution in [-0.4, -0.2) is 39.5 Å². The summed E-state index contributed by atoms with van der Waals surface area (Å²) in [5, 5.41) is 0. The van der Waals surface area contributed by atoms with Gasteiger partial charge in [0.15, 0.2) is 13.2 Å². The second kappa shape index (κ2) is 15.1. The van der Waals surface area contributed by atoms with Crippen molar-refractivity contribution in [3.05, 3.63) is 154 Å². The number of hydrogen-bond donors (Lipinski definition) is 0. The van der Waals surface area contributed by atoms with Crippen molar-refractivity contribution >= 4 is 5.97 Å². The van der Waals surface area contributed by atoms with E-state index in [0.29, 0.717) is 0 Å². The minimum atomic E-state index is -0.847. The van der Waals surface area contributed by atoms with Gasteiger partial charge in [-0.3, -0.25) is 9.68 Å². The molecular formula is C34H33N5O7+2. The van der Waals surface area contributed by atoms with Gasteiger partial charge in [0.2, 0.25) is 24.8 Å². The van der Waals surface area contributed by atoms with Crippen LogP contribution >= 0.6 is 0 Å². The fraction of sp³-hybridized carbons (Fsp3) is 0.176. The molecule has 0 saturated carbocycles. The molecule has 3 aromatic heterocycles. The lowest BCUT2D eigenvalue weighted by Gasteiger charge is -2.13. The quantitative estimate of drug-likeness (QED) is 0.103. The average Bonchev–Trinajstić information content (AvgIpc) is 3.10. The highest BCUT2D eigenvalue weighted by molar-refractivity contribution is 5.81. The molecule has 0 aliphatic rings. The van der Waals surface area contributed by atoms with Crippen LogP contribution in [0, 0.1) is 0 Å². The lowest BCUT2D eigenvalue weighted by molar-refractivity contribution is -0.891. The van der Waals surface area contributed by atoms with Crippen LogP contribution in [0.1, 0.15) is 0 Å². The van der Waals surface area contributed by atoms with Crippen LogP contribution < -0.4 is 36.2 Å². The first-order valence-electron chi connectivity index (χ1n) is 14.6. The first-order chi connectivity index (χ1) is 22.4. The van der Waals surface area contributed by atoms with Crippen LogP contribution in [0.5, 0.6) is 0 Å². The van der Waals surface area contributed by atoms with E-state index in [4.69, 9.17) is 14.4 Å².